The molecule has 0 spiro atoms. The molecule has 1 aliphatic heterocycles. The molecule has 1 aliphatic rings. The Morgan fingerprint density at radius 3 is 2.70 bits per heavy atom. The molecule has 0 bridgehead atoms. The molecular weight excluding hydrogens is 340 g/mol. The molecule has 6 nitrogen and oxygen atoms in total. The van der Waals surface area contributed by atoms with Gasteiger partial charge >= 0.3 is 0 Å². The average Bonchev–Trinajstić information content (AvgIpc) is 2.69. The first-order chi connectivity index (χ1) is 13.2. The van der Waals surface area contributed by atoms with Gasteiger partial charge in [-0.2, -0.15) is 0 Å². The van der Waals surface area contributed by atoms with Crippen molar-refractivity contribution in [3.05, 3.63) is 18.2 Å². The summed E-state index contributed by atoms with van der Waals surface area (Å²) in [5.41, 5.74) is 0.925. The van der Waals surface area contributed by atoms with Crippen LogP contribution in [0.2, 0.25) is 0 Å². The third-order valence-electron chi connectivity index (χ3n) is 5.05. The molecule has 1 atom stereocenters. The molecule has 2 rings (SSSR count). The summed E-state index contributed by atoms with van der Waals surface area (Å²) >= 11 is 0. The monoisotopic (exact) mass is 376 g/mol. The summed E-state index contributed by atoms with van der Waals surface area (Å²) in [5.74, 6) is 2.22. The van der Waals surface area contributed by atoms with Crippen LogP contribution in [-0.4, -0.2) is 57.3 Å². The Kier molecular flexibility index (Phi) is 9.25. The Morgan fingerprint density at radius 1 is 1.19 bits per heavy atom. The lowest BCUT2D eigenvalue weighted by Gasteiger charge is -2.33. The highest BCUT2D eigenvalue weighted by atomic mass is 16.5. The second-order valence-electron chi connectivity index (χ2n) is 7.04. The van der Waals surface area contributed by atoms with Crippen molar-refractivity contribution in [1.82, 2.24) is 10.2 Å². The number of hydrogen-bond acceptors (Lipinski definition) is 4. The van der Waals surface area contributed by atoms with E-state index in [9.17, 15) is 0 Å². The lowest BCUT2D eigenvalue weighted by molar-refractivity contribution is 0.158. The van der Waals surface area contributed by atoms with E-state index in [0.29, 0.717) is 5.75 Å². The summed E-state index contributed by atoms with van der Waals surface area (Å²) in [6.45, 7) is 8.52. The first kappa shape index (κ1) is 21.4. The van der Waals surface area contributed by atoms with Gasteiger partial charge < -0.3 is 25.0 Å². The molecule has 0 radical (unpaired) electrons. The zero-order chi connectivity index (χ0) is 19.5. The molecule has 0 aromatic heterocycles. The molecular formula is C21H36N4O2. The van der Waals surface area contributed by atoms with E-state index >= 15 is 0 Å². The van der Waals surface area contributed by atoms with Crippen molar-refractivity contribution in [1.29, 1.82) is 0 Å². The van der Waals surface area contributed by atoms with Crippen molar-refractivity contribution >= 4 is 11.6 Å². The van der Waals surface area contributed by atoms with E-state index in [-0.39, 0.29) is 0 Å². The number of anilines is 1. The molecule has 1 fully saturated rings. The van der Waals surface area contributed by atoms with Crippen LogP contribution in [0.4, 0.5) is 5.69 Å². The van der Waals surface area contributed by atoms with E-state index in [0.717, 1.165) is 42.9 Å². The highest BCUT2D eigenvalue weighted by Gasteiger charge is 2.16. The largest absolute Gasteiger partial charge is 0.493 e. The standard InChI is InChI=1S/C21H36N4O2/c1-5-22-21(24-18-11-12-19(26-3)20(16-18)27-4)23-13-7-9-15-25-14-8-6-10-17(25)2/h11-12,16-17H,5-10,13-15H2,1-4H3,(H2,22,23,24). The lowest BCUT2D eigenvalue weighted by Crippen LogP contribution is -2.38. The maximum absolute atomic E-state index is 5.37. The fourth-order valence-corrected chi connectivity index (χ4v) is 3.47. The van der Waals surface area contributed by atoms with Gasteiger partial charge in [0, 0.05) is 30.9 Å². The van der Waals surface area contributed by atoms with Gasteiger partial charge in [0.05, 0.1) is 14.2 Å². The van der Waals surface area contributed by atoms with E-state index in [2.05, 4.69) is 29.4 Å². The molecule has 1 saturated heterocycles. The number of rotatable bonds is 9. The van der Waals surface area contributed by atoms with Crippen LogP contribution in [0.25, 0.3) is 0 Å². The molecule has 0 amide bonds. The fourth-order valence-electron chi connectivity index (χ4n) is 3.47. The smallest absolute Gasteiger partial charge is 0.195 e. The third-order valence-corrected chi connectivity index (χ3v) is 5.05. The predicted octanol–water partition coefficient (Wildman–Crippen LogP) is 3.74. The molecule has 0 saturated carbocycles. The van der Waals surface area contributed by atoms with Crippen LogP contribution in [0.15, 0.2) is 23.2 Å². The number of nitrogens with zero attached hydrogens (tertiary/aromatic N) is 2. The molecule has 152 valence electrons. The number of nitrogens with one attached hydrogen (secondary N) is 2. The van der Waals surface area contributed by atoms with E-state index in [1.54, 1.807) is 14.2 Å². The highest BCUT2D eigenvalue weighted by molar-refractivity contribution is 5.93. The number of guanidine groups is 1. The predicted molar refractivity (Wildman–Crippen MR) is 113 cm³/mol. The Morgan fingerprint density at radius 2 is 2.00 bits per heavy atom. The van der Waals surface area contributed by atoms with Crippen molar-refractivity contribution in [3.8, 4) is 11.5 Å². The van der Waals surface area contributed by atoms with Gasteiger partial charge in [0.15, 0.2) is 17.5 Å². The van der Waals surface area contributed by atoms with Gasteiger partial charge in [-0.25, -0.2) is 0 Å². The molecule has 1 unspecified atom stereocenters. The van der Waals surface area contributed by atoms with Crippen LogP contribution in [0.1, 0.15) is 46.0 Å². The number of piperidine rings is 1. The zero-order valence-corrected chi connectivity index (χ0v) is 17.4. The third kappa shape index (κ3) is 6.94. The van der Waals surface area contributed by atoms with E-state index in [1.165, 1.54) is 38.8 Å². The summed E-state index contributed by atoms with van der Waals surface area (Å²) in [7, 11) is 3.28. The Bertz CT molecular complexity index is 592. The molecule has 1 aromatic rings. The van der Waals surface area contributed by atoms with E-state index in [1.807, 2.05) is 18.2 Å². The molecule has 27 heavy (non-hydrogen) atoms. The summed E-state index contributed by atoms with van der Waals surface area (Å²) in [6, 6.07) is 6.52. The van der Waals surface area contributed by atoms with Gasteiger partial charge in [0.2, 0.25) is 0 Å². The summed E-state index contributed by atoms with van der Waals surface area (Å²) in [5, 5.41) is 6.65. The zero-order valence-electron chi connectivity index (χ0n) is 17.4. The van der Waals surface area contributed by atoms with Crippen LogP contribution in [0, 0.1) is 0 Å². The minimum Gasteiger partial charge on any atom is -0.493 e. The molecule has 1 aromatic carbocycles. The van der Waals surface area contributed by atoms with E-state index < -0.39 is 0 Å². The van der Waals surface area contributed by atoms with Crippen LogP contribution in [0.3, 0.4) is 0 Å². The maximum atomic E-state index is 5.37. The van der Waals surface area contributed by atoms with E-state index in [4.69, 9.17) is 14.5 Å². The number of aliphatic imine (C=N–C) groups is 1. The molecule has 0 aliphatic carbocycles. The maximum Gasteiger partial charge on any atom is 0.195 e. The number of ether oxygens (including phenoxy) is 2. The molecule has 1 heterocycles. The Balaban J connectivity index is 1.83. The minimum atomic E-state index is 0.703. The van der Waals surface area contributed by atoms with Crippen LogP contribution < -0.4 is 20.1 Å². The number of benzene rings is 1. The first-order valence-corrected chi connectivity index (χ1v) is 10.2. The minimum absolute atomic E-state index is 0.703. The number of unbranched alkanes of at least 4 members (excludes halogenated alkanes) is 1. The summed E-state index contributed by atoms with van der Waals surface area (Å²) in [6.07, 6.45) is 6.38. The Labute approximate surface area is 164 Å². The summed E-state index contributed by atoms with van der Waals surface area (Å²) in [4.78, 5) is 7.34. The van der Waals surface area contributed by atoms with Gasteiger partial charge in [0.25, 0.3) is 0 Å². The van der Waals surface area contributed by atoms with Crippen LogP contribution >= 0.6 is 0 Å². The quantitative estimate of drug-likeness (QED) is 0.391. The lowest BCUT2D eigenvalue weighted by atomic mass is 10.0. The van der Waals surface area contributed by atoms with Crippen LogP contribution in [-0.2, 0) is 0 Å². The number of methoxy groups -OCH3 is 2. The molecule has 2 N–H and O–H groups in total. The van der Waals surface area contributed by atoms with Crippen molar-refractivity contribution in [2.75, 3.05) is 45.7 Å². The molecule has 6 heteroatoms. The van der Waals surface area contributed by atoms with Gasteiger partial charge in [0.1, 0.15) is 0 Å². The SMILES string of the molecule is CCNC(=NCCCCN1CCCCC1C)Nc1ccc(OC)c(OC)c1. The van der Waals surface area contributed by atoms with Crippen molar-refractivity contribution < 1.29 is 9.47 Å². The van der Waals surface area contributed by atoms with Crippen molar-refractivity contribution in [3.63, 3.8) is 0 Å². The number of likely N-dealkylation sites (tertiary alicyclic amines) is 1. The van der Waals surface area contributed by atoms with Gasteiger partial charge in [-0.15, -0.1) is 0 Å². The Hall–Kier alpha value is -1.95. The topological polar surface area (TPSA) is 58.1 Å². The highest BCUT2D eigenvalue weighted by Crippen LogP contribution is 2.29. The fraction of sp³-hybridized carbons (Fsp3) is 0.667. The number of hydrogen-bond donors (Lipinski definition) is 2. The average molecular weight is 377 g/mol. The van der Waals surface area contributed by atoms with Crippen molar-refractivity contribution in [2.45, 2.75) is 52.0 Å². The van der Waals surface area contributed by atoms with Gasteiger partial charge in [-0.1, -0.05) is 6.42 Å². The first-order valence-electron chi connectivity index (χ1n) is 10.2. The van der Waals surface area contributed by atoms with Crippen LogP contribution in [0.5, 0.6) is 11.5 Å². The van der Waals surface area contributed by atoms with Gasteiger partial charge in [-0.05, 0) is 64.8 Å². The summed E-state index contributed by atoms with van der Waals surface area (Å²) < 4.78 is 10.7. The second kappa shape index (κ2) is 11.7. The second-order valence-corrected chi connectivity index (χ2v) is 7.04. The normalized spacial score (nSPS) is 18.2. The van der Waals surface area contributed by atoms with Crippen molar-refractivity contribution in [2.24, 2.45) is 4.99 Å². The van der Waals surface area contributed by atoms with Gasteiger partial charge in [-0.3, -0.25) is 4.99 Å².